The van der Waals surface area contributed by atoms with Gasteiger partial charge in [-0.15, -0.1) is 0 Å². The Morgan fingerprint density at radius 3 is 2.50 bits per heavy atom. The maximum absolute atomic E-state index is 12.6. The topological polar surface area (TPSA) is 101 Å². The molecule has 1 amide bonds. The number of carbonyl (C=O) groups excluding carboxylic acids is 1. The Kier molecular flexibility index (Phi) is 5.81. The van der Waals surface area contributed by atoms with Gasteiger partial charge in [0.2, 0.25) is 0 Å². The van der Waals surface area contributed by atoms with Gasteiger partial charge in [-0.05, 0) is 61.5 Å². The van der Waals surface area contributed by atoms with E-state index in [0.717, 1.165) is 0 Å². The van der Waals surface area contributed by atoms with E-state index in [1.165, 1.54) is 30.5 Å². The Bertz CT molecular complexity index is 1110. The molecular formula is C19H16ClN3O4S. The molecule has 0 bridgehead atoms. The maximum Gasteiger partial charge on any atom is 0.271 e. The number of furan rings is 1. The molecule has 144 valence electrons. The SMILES string of the molecule is C/C(=N\NC(=O)c1cccc(S(=O)(=O)Nc2ccc(Cl)cc2)c1)c1ccco1. The summed E-state index contributed by atoms with van der Waals surface area (Å²) in [5.74, 6) is -0.0294. The second kappa shape index (κ2) is 8.28. The highest BCUT2D eigenvalue weighted by Crippen LogP contribution is 2.19. The van der Waals surface area contributed by atoms with Crippen molar-refractivity contribution in [3.8, 4) is 0 Å². The van der Waals surface area contributed by atoms with Crippen molar-refractivity contribution in [3.63, 3.8) is 0 Å². The molecule has 1 aromatic heterocycles. The van der Waals surface area contributed by atoms with Crippen molar-refractivity contribution in [3.05, 3.63) is 83.3 Å². The van der Waals surface area contributed by atoms with Gasteiger partial charge in [0.25, 0.3) is 15.9 Å². The number of amides is 1. The van der Waals surface area contributed by atoms with Crippen LogP contribution in [-0.4, -0.2) is 20.0 Å². The van der Waals surface area contributed by atoms with Gasteiger partial charge in [0.15, 0.2) is 0 Å². The average Bonchev–Trinajstić information content (AvgIpc) is 3.22. The monoisotopic (exact) mass is 417 g/mol. The van der Waals surface area contributed by atoms with Crippen molar-refractivity contribution in [2.75, 3.05) is 4.72 Å². The normalized spacial score (nSPS) is 11.9. The van der Waals surface area contributed by atoms with Crippen molar-refractivity contribution in [2.45, 2.75) is 11.8 Å². The predicted octanol–water partition coefficient (Wildman–Crippen LogP) is 3.89. The quantitative estimate of drug-likeness (QED) is 0.469. The van der Waals surface area contributed by atoms with E-state index in [-0.39, 0.29) is 10.5 Å². The highest BCUT2D eigenvalue weighted by Gasteiger charge is 2.16. The van der Waals surface area contributed by atoms with Gasteiger partial charge in [-0.3, -0.25) is 9.52 Å². The lowest BCUT2D eigenvalue weighted by molar-refractivity contribution is 0.0954. The van der Waals surface area contributed by atoms with E-state index >= 15 is 0 Å². The van der Waals surface area contributed by atoms with Crippen LogP contribution in [0.25, 0.3) is 0 Å². The number of halogens is 1. The number of anilines is 1. The summed E-state index contributed by atoms with van der Waals surface area (Å²) in [6, 6.07) is 15.3. The smallest absolute Gasteiger partial charge is 0.271 e. The highest BCUT2D eigenvalue weighted by atomic mass is 35.5. The number of hydrogen-bond donors (Lipinski definition) is 2. The van der Waals surface area contributed by atoms with Gasteiger partial charge in [0.1, 0.15) is 11.5 Å². The molecule has 0 aliphatic heterocycles. The number of sulfonamides is 1. The molecule has 9 heteroatoms. The molecule has 0 unspecified atom stereocenters. The second-order valence-electron chi connectivity index (χ2n) is 5.76. The Balaban J connectivity index is 1.76. The summed E-state index contributed by atoms with van der Waals surface area (Å²) in [4.78, 5) is 12.3. The van der Waals surface area contributed by atoms with Crippen LogP contribution in [0.5, 0.6) is 0 Å². The molecule has 0 radical (unpaired) electrons. The number of benzene rings is 2. The fourth-order valence-corrected chi connectivity index (χ4v) is 3.51. The number of nitrogens with zero attached hydrogens (tertiary/aromatic N) is 1. The van der Waals surface area contributed by atoms with Crippen LogP contribution < -0.4 is 10.1 Å². The lowest BCUT2D eigenvalue weighted by Gasteiger charge is -2.09. The molecule has 0 atom stereocenters. The summed E-state index contributed by atoms with van der Waals surface area (Å²) in [5, 5.41) is 4.45. The Labute approximate surface area is 167 Å². The molecule has 0 saturated heterocycles. The molecule has 1 heterocycles. The van der Waals surface area contributed by atoms with E-state index < -0.39 is 15.9 Å². The summed E-state index contributed by atoms with van der Waals surface area (Å²) < 4.78 is 32.8. The van der Waals surface area contributed by atoms with Gasteiger partial charge in [-0.25, -0.2) is 13.8 Å². The van der Waals surface area contributed by atoms with Crippen molar-refractivity contribution < 1.29 is 17.6 Å². The van der Waals surface area contributed by atoms with Crippen LogP contribution >= 0.6 is 11.6 Å². The molecule has 0 aliphatic carbocycles. The predicted molar refractivity (Wildman–Crippen MR) is 107 cm³/mol. The van der Waals surface area contributed by atoms with E-state index in [9.17, 15) is 13.2 Å². The van der Waals surface area contributed by atoms with E-state index in [1.807, 2.05) is 0 Å². The third-order valence-corrected chi connectivity index (χ3v) is 5.34. The minimum Gasteiger partial charge on any atom is -0.463 e. The van der Waals surface area contributed by atoms with E-state index in [4.69, 9.17) is 16.0 Å². The Morgan fingerprint density at radius 1 is 1.07 bits per heavy atom. The van der Waals surface area contributed by atoms with E-state index in [0.29, 0.717) is 22.2 Å². The first-order chi connectivity index (χ1) is 13.3. The van der Waals surface area contributed by atoms with Crippen molar-refractivity contribution >= 4 is 38.9 Å². The third kappa shape index (κ3) is 4.79. The van der Waals surface area contributed by atoms with Crippen molar-refractivity contribution in [2.24, 2.45) is 5.10 Å². The van der Waals surface area contributed by atoms with Gasteiger partial charge in [-0.2, -0.15) is 5.10 Å². The molecule has 3 aromatic rings. The maximum atomic E-state index is 12.6. The van der Waals surface area contributed by atoms with Gasteiger partial charge in [-0.1, -0.05) is 17.7 Å². The molecule has 7 nitrogen and oxygen atoms in total. The lowest BCUT2D eigenvalue weighted by Crippen LogP contribution is -2.20. The zero-order chi connectivity index (χ0) is 20.1. The first kappa shape index (κ1) is 19.7. The van der Waals surface area contributed by atoms with E-state index in [2.05, 4.69) is 15.2 Å². The number of hydrazone groups is 1. The third-order valence-electron chi connectivity index (χ3n) is 3.71. The zero-order valence-corrected chi connectivity index (χ0v) is 16.3. The first-order valence-electron chi connectivity index (χ1n) is 8.12. The summed E-state index contributed by atoms with van der Waals surface area (Å²) in [6.07, 6.45) is 1.50. The fourth-order valence-electron chi connectivity index (χ4n) is 2.28. The molecular weight excluding hydrogens is 402 g/mol. The van der Waals surface area contributed by atoms with Gasteiger partial charge in [0.05, 0.1) is 11.2 Å². The highest BCUT2D eigenvalue weighted by molar-refractivity contribution is 7.92. The Hall–Kier alpha value is -3.10. The molecule has 0 fully saturated rings. The van der Waals surface area contributed by atoms with Gasteiger partial charge < -0.3 is 4.42 Å². The second-order valence-corrected chi connectivity index (χ2v) is 7.87. The van der Waals surface area contributed by atoms with Crippen LogP contribution in [0.4, 0.5) is 5.69 Å². The van der Waals surface area contributed by atoms with Crippen molar-refractivity contribution in [1.29, 1.82) is 0 Å². The lowest BCUT2D eigenvalue weighted by atomic mass is 10.2. The molecule has 0 saturated carbocycles. The first-order valence-corrected chi connectivity index (χ1v) is 9.98. The summed E-state index contributed by atoms with van der Waals surface area (Å²) in [7, 11) is -3.87. The van der Waals surface area contributed by atoms with Crippen LogP contribution in [0, 0.1) is 0 Å². The van der Waals surface area contributed by atoms with Crippen molar-refractivity contribution in [1.82, 2.24) is 5.43 Å². The standard InChI is InChI=1S/C19H16ClN3O4S/c1-13(18-6-3-11-27-18)21-22-19(24)14-4-2-5-17(12-14)28(25,26)23-16-9-7-15(20)8-10-16/h2-12,23H,1H3,(H,22,24)/b21-13+. The summed E-state index contributed by atoms with van der Waals surface area (Å²) in [5.41, 5.74) is 3.37. The van der Waals surface area contributed by atoms with Crippen LogP contribution in [0.3, 0.4) is 0 Å². The number of nitrogens with one attached hydrogen (secondary N) is 2. The number of hydrogen-bond acceptors (Lipinski definition) is 5. The largest absolute Gasteiger partial charge is 0.463 e. The molecule has 3 rings (SSSR count). The summed E-state index contributed by atoms with van der Waals surface area (Å²) in [6.45, 7) is 1.68. The van der Waals surface area contributed by atoms with Crippen LogP contribution in [0.15, 0.2) is 81.3 Å². The summed E-state index contributed by atoms with van der Waals surface area (Å²) >= 11 is 5.80. The van der Waals surface area contributed by atoms with Crippen LogP contribution in [-0.2, 0) is 10.0 Å². The van der Waals surface area contributed by atoms with Gasteiger partial charge >= 0.3 is 0 Å². The van der Waals surface area contributed by atoms with Gasteiger partial charge in [0, 0.05) is 16.3 Å². The number of carbonyl (C=O) groups is 1. The molecule has 28 heavy (non-hydrogen) atoms. The average molecular weight is 418 g/mol. The Morgan fingerprint density at radius 2 is 1.82 bits per heavy atom. The number of rotatable bonds is 6. The molecule has 2 aromatic carbocycles. The zero-order valence-electron chi connectivity index (χ0n) is 14.7. The molecule has 2 N–H and O–H groups in total. The van der Waals surface area contributed by atoms with E-state index in [1.54, 1.807) is 43.3 Å². The minimum atomic E-state index is -3.87. The minimum absolute atomic E-state index is 0.0539. The van der Waals surface area contributed by atoms with Crippen LogP contribution in [0.1, 0.15) is 23.0 Å². The fraction of sp³-hybridized carbons (Fsp3) is 0.0526. The van der Waals surface area contributed by atoms with Crippen LogP contribution in [0.2, 0.25) is 5.02 Å². The molecule has 0 aliphatic rings. The molecule has 0 spiro atoms.